The van der Waals surface area contributed by atoms with Crippen LogP contribution in [-0.2, 0) is 10.2 Å². The van der Waals surface area contributed by atoms with Crippen molar-refractivity contribution in [1.82, 2.24) is 0 Å². The van der Waals surface area contributed by atoms with Crippen molar-refractivity contribution in [3.63, 3.8) is 0 Å². The van der Waals surface area contributed by atoms with Gasteiger partial charge in [0.05, 0.1) is 13.2 Å². The fourth-order valence-electron chi connectivity index (χ4n) is 2.58. The molecule has 0 amide bonds. The zero-order valence-electron chi connectivity index (χ0n) is 11.4. The summed E-state index contributed by atoms with van der Waals surface area (Å²) in [6.07, 6.45) is 0.964. The summed E-state index contributed by atoms with van der Waals surface area (Å²) in [5, 5.41) is 0. The van der Waals surface area contributed by atoms with E-state index in [0.29, 0.717) is 6.54 Å². The smallest absolute Gasteiger partial charge is 0.127 e. The average Bonchev–Trinajstić information content (AvgIpc) is 2.45. The summed E-state index contributed by atoms with van der Waals surface area (Å²) in [4.78, 5) is 0. The summed E-state index contributed by atoms with van der Waals surface area (Å²) in [5.41, 5.74) is 7.11. The number of benzene rings is 2. The van der Waals surface area contributed by atoms with E-state index in [-0.39, 0.29) is 5.41 Å². The Morgan fingerprint density at radius 2 is 1.60 bits per heavy atom. The van der Waals surface area contributed by atoms with Crippen molar-refractivity contribution in [3.05, 3.63) is 60.2 Å². The van der Waals surface area contributed by atoms with E-state index in [1.807, 2.05) is 42.5 Å². The molecule has 2 aromatic carbocycles. The summed E-state index contributed by atoms with van der Waals surface area (Å²) in [5.74, 6) is 1.70. The van der Waals surface area contributed by atoms with E-state index < -0.39 is 0 Å². The molecule has 104 valence electrons. The SMILES string of the molecule is NCCC1(c2ccc(Oc3ccccc3)cc2)COC1. The minimum atomic E-state index is 0.111. The van der Waals surface area contributed by atoms with Gasteiger partial charge in [-0.2, -0.15) is 0 Å². The van der Waals surface area contributed by atoms with Crippen LogP contribution in [0.15, 0.2) is 54.6 Å². The lowest BCUT2D eigenvalue weighted by atomic mass is 9.76. The van der Waals surface area contributed by atoms with Crippen molar-refractivity contribution in [2.24, 2.45) is 5.73 Å². The highest BCUT2D eigenvalue weighted by molar-refractivity contribution is 5.36. The van der Waals surface area contributed by atoms with E-state index in [4.69, 9.17) is 15.2 Å². The minimum absolute atomic E-state index is 0.111. The molecular weight excluding hydrogens is 250 g/mol. The van der Waals surface area contributed by atoms with E-state index in [0.717, 1.165) is 31.1 Å². The number of nitrogens with two attached hydrogens (primary N) is 1. The van der Waals surface area contributed by atoms with Gasteiger partial charge in [0, 0.05) is 5.41 Å². The fourth-order valence-corrected chi connectivity index (χ4v) is 2.58. The van der Waals surface area contributed by atoms with E-state index in [1.165, 1.54) is 5.56 Å². The maximum Gasteiger partial charge on any atom is 0.127 e. The molecule has 2 aromatic rings. The Labute approximate surface area is 119 Å². The van der Waals surface area contributed by atoms with Gasteiger partial charge in [-0.3, -0.25) is 0 Å². The van der Waals surface area contributed by atoms with Gasteiger partial charge in [-0.05, 0) is 42.8 Å². The molecule has 3 heteroatoms. The summed E-state index contributed by atoms with van der Waals surface area (Å²) >= 11 is 0. The molecule has 0 aliphatic carbocycles. The standard InChI is InChI=1S/C17H19NO2/c18-11-10-17(12-19-13-17)14-6-8-16(9-7-14)20-15-4-2-1-3-5-15/h1-9H,10-13,18H2. The second-order valence-electron chi connectivity index (χ2n) is 5.25. The third-order valence-corrected chi connectivity index (χ3v) is 3.83. The minimum Gasteiger partial charge on any atom is -0.457 e. The maximum absolute atomic E-state index is 5.80. The first-order valence-corrected chi connectivity index (χ1v) is 6.94. The lowest BCUT2D eigenvalue weighted by Crippen LogP contribution is -2.48. The quantitative estimate of drug-likeness (QED) is 0.907. The van der Waals surface area contributed by atoms with Gasteiger partial charge >= 0.3 is 0 Å². The van der Waals surface area contributed by atoms with Gasteiger partial charge in [-0.1, -0.05) is 30.3 Å². The molecule has 1 saturated heterocycles. The van der Waals surface area contributed by atoms with E-state index in [1.54, 1.807) is 0 Å². The highest BCUT2D eigenvalue weighted by Gasteiger charge is 2.39. The lowest BCUT2D eigenvalue weighted by molar-refractivity contribution is -0.0631. The number of para-hydroxylation sites is 1. The normalized spacial score (nSPS) is 16.4. The highest BCUT2D eigenvalue weighted by atomic mass is 16.5. The predicted octanol–water partition coefficient (Wildman–Crippen LogP) is 3.10. The van der Waals surface area contributed by atoms with Crippen molar-refractivity contribution < 1.29 is 9.47 Å². The van der Waals surface area contributed by atoms with Crippen molar-refractivity contribution in [2.75, 3.05) is 19.8 Å². The lowest BCUT2D eigenvalue weighted by Gasteiger charge is -2.42. The molecule has 3 rings (SSSR count). The summed E-state index contributed by atoms with van der Waals surface area (Å²) in [7, 11) is 0. The van der Waals surface area contributed by atoms with Crippen LogP contribution in [0, 0.1) is 0 Å². The van der Waals surface area contributed by atoms with Crippen LogP contribution in [0.5, 0.6) is 11.5 Å². The summed E-state index contributed by atoms with van der Waals surface area (Å²) in [6, 6.07) is 18.1. The predicted molar refractivity (Wildman–Crippen MR) is 79.1 cm³/mol. The van der Waals surface area contributed by atoms with Crippen molar-refractivity contribution in [3.8, 4) is 11.5 Å². The molecular formula is C17H19NO2. The second-order valence-corrected chi connectivity index (χ2v) is 5.25. The molecule has 1 aliphatic heterocycles. The van der Waals surface area contributed by atoms with Crippen molar-refractivity contribution >= 4 is 0 Å². The van der Waals surface area contributed by atoms with Gasteiger partial charge in [0.1, 0.15) is 11.5 Å². The Morgan fingerprint density at radius 1 is 0.950 bits per heavy atom. The molecule has 0 radical (unpaired) electrons. The summed E-state index contributed by atoms with van der Waals surface area (Å²) < 4.78 is 11.2. The summed E-state index contributed by atoms with van der Waals surface area (Å²) in [6.45, 7) is 2.22. The zero-order valence-corrected chi connectivity index (χ0v) is 11.4. The van der Waals surface area contributed by atoms with E-state index in [2.05, 4.69) is 12.1 Å². The van der Waals surface area contributed by atoms with Crippen LogP contribution < -0.4 is 10.5 Å². The largest absolute Gasteiger partial charge is 0.457 e. The zero-order chi connectivity index (χ0) is 13.8. The van der Waals surface area contributed by atoms with Crippen LogP contribution >= 0.6 is 0 Å². The van der Waals surface area contributed by atoms with Crippen LogP contribution in [0.4, 0.5) is 0 Å². The molecule has 0 atom stereocenters. The first-order valence-electron chi connectivity index (χ1n) is 6.94. The Balaban J connectivity index is 1.74. The Bertz CT molecular complexity index is 547. The van der Waals surface area contributed by atoms with Gasteiger partial charge in [-0.15, -0.1) is 0 Å². The second kappa shape index (κ2) is 5.65. The molecule has 1 aliphatic rings. The number of hydrogen-bond donors (Lipinski definition) is 1. The molecule has 0 aromatic heterocycles. The number of hydrogen-bond acceptors (Lipinski definition) is 3. The molecule has 0 spiro atoms. The van der Waals surface area contributed by atoms with Crippen LogP contribution in [0.2, 0.25) is 0 Å². The maximum atomic E-state index is 5.80. The van der Waals surface area contributed by atoms with Gasteiger partial charge in [0.25, 0.3) is 0 Å². The third kappa shape index (κ3) is 2.55. The molecule has 2 N–H and O–H groups in total. The van der Waals surface area contributed by atoms with Gasteiger partial charge in [0.2, 0.25) is 0 Å². The van der Waals surface area contributed by atoms with Crippen molar-refractivity contribution in [1.29, 1.82) is 0 Å². The molecule has 20 heavy (non-hydrogen) atoms. The van der Waals surface area contributed by atoms with Crippen LogP contribution in [0.25, 0.3) is 0 Å². The molecule has 0 unspecified atom stereocenters. The van der Waals surface area contributed by atoms with Gasteiger partial charge in [-0.25, -0.2) is 0 Å². The van der Waals surface area contributed by atoms with E-state index in [9.17, 15) is 0 Å². The van der Waals surface area contributed by atoms with Crippen LogP contribution in [-0.4, -0.2) is 19.8 Å². The van der Waals surface area contributed by atoms with Crippen molar-refractivity contribution in [2.45, 2.75) is 11.8 Å². The fraction of sp³-hybridized carbons (Fsp3) is 0.294. The molecule has 0 bridgehead atoms. The van der Waals surface area contributed by atoms with Gasteiger partial charge < -0.3 is 15.2 Å². The first kappa shape index (κ1) is 13.2. The highest BCUT2D eigenvalue weighted by Crippen LogP contribution is 2.36. The Hall–Kier alpha value is -1.84. The monoisotopic (exact) mass is 269 g/mol. The first-order chi connectivity index (χ1) is 9.82. The average molecular weight is 269 g/mol. The topological polar surface area (TPSA) is 44.5 Å². The number of ether oxygens (including phenoxy) is 2. The third-order valence-electron chi connectivity index (χ3n) is 3.83. The molecule has 1 fully saturated rings. The Kier molecular flexibility index (Phi) is 3.72. The van der Waals surface area contributed by atoms with Gasteiger partial charge in [0.15, 0.2) is 0 Å². The molecule has 3 nitrogen and oxygen atoms in total. The van der Waals surface area contributed by atoms with E-state index >= 15 is 0 Å². The Morgan fingerprint density at radius 3 is 2.15 bits per heavy atom. The van der Waals surface area contributed by atoms with Crippen LogP contribution in [0.1, 0.15) is 12.0 Å². The van der Waals surface area contributed by atoms with Crippen LogP contribution in [0.3, 0.4) is 0 Å². The number of rotatable bonds is 5. The molecule has 0 saturated carbocycles. The molecule has 1 heterocycles.